The average molecular weight is 479 g/mol. The quantitative estimate of drug-likeness (QED) is 0.349. The molecule has 0 aliphatic heterocycles. The van der Waals surface area contributed by atoms with Crippen molar-refractivity contribution in [2.45, 2.75) is 64.3 Å². The standard InChI is InChI=1S/C30H42N2O3/c1-24-14-16-25(17-15-24)9-6-13-30(33)32(27-11-4-5-12-27)22-8-21-31-20-7-10-26-18-19-28(34-2)29(23-26)35-3/h6,9,14-19,23,27,31H,4-5,7-8,10-13,20-22H2,1-3H3/b9-6+. The first-order valence-corrected chi connectivity index (χ1v) is 13.0. The van der Waals surface area contributed by atoms with Gasteiger partial charge in [-0.1, -0.05) is 60.9 Å². The Kier molecular flexibility index (Phi) is 11.2. The van der Waals surface area contributed by atoms with Gasteiger partial charge in [0, 0.05) is 19.0 Å². The number of methoxy groups -OCH3 is 2. The smallest absolute Gasteiger partial charge is 0.226 e. The first kappa shape index (κ1) is 26.8. The number of hydrogen-bond donors (Lipinski definition) is 1. The summed E-state index contributed by atoms with van der Waals surface area (Å²) in [7, 11) is 3.33. The highest BCUT2D eigenvalue weighted by Crippen LogP contribution is 2.28. The van der Waals surface area contributed by atoms with E-state index in [1.807, 2.05) is 12.1 Å². The zero-order chi connectivity index (χ0) is 24.9. The Morgan fingerprint density at radius 2 is 1.71 bits per heavy atom. The molecule has 0 spiro atoms. The minimum absolute atomic E-state index is 0.258. The maximum atomic E-state index is 13.0. The van der Waals surface area contributed by atoms with E-state index in [0.717, 1.165) is 68.8 Å². The number of benzene rings is 2. The van der Waals surface area contributed by atoms with Crippen LogP contribution in [0.4, 0.5) is 0 Å². The van der Waals surface area contributed by atoms with Crippen LogP contribution < -0.4 is 14.8 Å². The number of nitrogens with zero attached hydrogens (tertiary/aromatic N) is 1. The molecule has 35 heavy (non-hydrogen) atoms. The fourth-order valence-corrected chi connectivity index (χ4v) is 4.77. The number of nitrogens with one attached hydrogen (secondary N) is 1. The average Bonchev–Trinajstić information content (AvgIpc) is 3.41. The van der Waals surface area contributed by atoms with Crippen molar-refractivity contribution in [3.8, 4) is 11.5 Å². The van der Waals surface area contributed by atoms with Gasteiger partial charge < -0.3 is 19.7 Å². The molecule has 0 heterocycles. The van der Waals surface area contributed by atoms with Gasteiger partial charge in [-0.2, -0.15) is 0 Å². The van der Waals surface area contributed by atoms with Gasteiger partial charge in [-0.3, -0.25) is 4.79 Å². The highest BCUT2D eigenvalue weighted by Gasteiger charge is 2.25. The fourth-order valence-electron chi connectivity index (χ4n) is 4.77. The Hall–Kier alpha value is -2.79. The molecular weight excluding hydrogens is 436 g/mol. The van der Waals surface area contributed by atoms with Crippen LogP contribution in [-0.4, -0.2) is 50.7 Å². The van der Waals surface area contributed by atoms with Gasteiger partial charge in [0.25, 0.3) is 0 Å². The van der Waals surface area contributed by atoms with Gasteiger partial charge in [0.2, 0.25) is 5.91 Å². The summed E-state index contributed by atoms with van der Waals surface area (Å²) in [4.78, 5) is 15.2. The van der Waals surface area contributed by atoms with Crippen LogP contribution in [0.25, 0.3) is 6.08 Å². The molecule has 1 N–H and O–H groups in total. The number of amides is 1. The van der Waals surface area contributed by atoms with E-state index in [1.54, 1.807) is 14.2 Å². The Labute approximate surface area is 211 Å². The van der Waals surface area contributed by atoms with Crippen LogP contribution in [0.3, 0.4) is 0 Å². The Bertz CT molecular complexity index is 933. The fraction of sp³-hybridized carbons (Fsp3) is 0.500. The van der Waals surface area contributed by atoms with Gasteiger partial charge in [-0.15, -0.1) is 0 Å². The summed E-state index contributed by atoms with van der Waals surface area (Å²) in [5, 5.41) is 3.55. The van der Waals surface area contributed by atoms with Crippen molar-refractivity contribution in [2.24, 2.45) is 0 Å². The molecule has 0 saturated heterocycles. The lowest BCUT2D eigenvalue weighted by Crippen LogP contribution is -2.40. The lowest BCUT2D eigenvalue weighted by Gasteiger charge is -2.29. The molecule has 5 heteroatoms. The maximum absolute atomic E-state index is 13.0. The first-order valence-electron chi connectivity index (χ1n) is 13.0. The number of ether oxygens (including phenoxy) is 2. The highest BCUT2D eigenvalue weighted by molar-refractivity contribution is 5.79. The molecule has 1 aliphatic rings. The largest absolute Gasteiger partial charge is 0.493 e. The molecular formula is C30H42N2O3. The third-order valence-corrected chi connectivity index (χ3v) is 6.79. The molecule has 2 aromatic carbocycles. The zero-order valence-corrected chi connectivity index (χ0v) is 21.7. The predicted molar refractivity (Wildman–Crippen MR) is 144 cm³/mol. The molecule has 190 valence electrons. The second kappa shape index (κ2) is 14.6. The van der Waals surface area contributed by atoms with E-state index in [-0.39, 0.29) is 5.91 Å². The molecule has 1 saturated carbocycles. The lowest BCUT2D eigenvalue weighted by atomic mass is 10.1. The Morgan fingerprint density at radius 3 is 2.43 bits per heavy atom. The van der Waals surface area contributed by atoms with Gasteiger partial charge in [0.05, 0.1) is 14.2 Å². The Morgan fingerprint density at radius 1 is 1.00 bits per heavy atom. The van der Waals surface area contributed by atoms with E-state index in [1.165, 1.54) is 24.0 Å². The minimum Gasteiger partial charge on any atom is -0.493 e. The molecule has 1 aliphatic carbocycles. The lowest BCUT2D eigenvalue weighted by molar-refractivity contribution is -0.132. The van der Waals surface area contributed by atoms with E-state index in [2.05, 4.69) is 59.6 Å². The predicted octanol–water partition coefficient (Wildman–Crippen LogP) is 5.80. The summed E-state index contributed by atoms with van der Waals surface area (Å²) in [5.41, 5.74) is 3.65. The van der Waals surface area contributed by atoms with E-state index < -0.39 is 0 Å². The number of rotatable bonds is 14. The SMILES string of the molecule is COc1ccc(CCCNCCCN(C(=O)C/C=C/c2ccc(C)cc2)C2CCCC2)cc1OC. The van der Waals surface area contributed by atoms with Crippen molar-refractivity contribution in [1.82, 2.24) is 10.2 Å². The minimum atomic E-state index is 0.258. The number of aryl methyl sites for hydroxylation is 2. The molecule has 2 aromatic rings. The highest BCUT2D eigenvalue weighted by atomic mass is 16.5. The van der Waals surface area contributed by atoms with Gasteiger partial charge in [-0.25, -0.2) is 0 Å². The van der Waals surface area contributed by atoms with Crippen molar-refractivity contribution in [3.63, 3.8) is 0 Å². The summed E-state index contributed by atoms with van der Waals surface area (Å²) < 4.78 is 10.7. The first-order chi connectivity index (χ1) is 17.1. The van der Waals surface area contributed by atoms with Gasteiger partial charge in [-0.05, 0) is 75.4 Å². The molecule has 0 atom stereocenters. The summed E-state index contributed by atoms with van der Waals surface area (Å²) >= 11 is 0. The monoisotopic (exact) mass is 478 g/mol. The van der Waals surface area contributed by atoms with Gasteiger partial charge in [0.1, 0.15) is 0 Å². The van der Waals surface area contributed by atoms with E-state index in [0.29, 0.717) is 12.5 Å². The summed E-state index contributed by atoms with van der Waals surface area (Å²) in [6.45, 7) is 4.82. The summed E-state index contributed by atoms with van der Waals surface area (Å²) in [6.07, 6.45) is 12.4. The molecule has 0 unspecified atom stereocenters. The van der Waals surface area contributed by atoms with Crippen molar-refractivity contribution in [2.75, 3.05) is 33.9 Å². The van der Waals surface area contributed by atoms with E-state index in [4.69, 9.17) is 9.47 Å². The molecule has 0 aromatic heterocycles. The number of carbonyl (C=O) groups is 1. The number of hydrogen-bond acceptors (Lipinski definition) is 4. The van der Waals surface area contributed by atoms with Gasteiger partial charge >= 0.3 is 0 Å². The molecule has 3 rings (SSSR count). The topological polar surface area (TPSA) is 50.8 Å². The number of carbonyl (C=O) groups excluding carboxylic acids is 1. The second-order valence-electron chi connectivity index (χ2n) is 9.44. The van der Waals surface area contributed by atoms with E-state index >= 15 is 0 Å². The Balaban J connectivity index is 1.38. The van der Waals surface area contributed by atoms with Crippen molar-refractivity contribution < 1.29 is 14.3 Å². The molecule has 5 nitrogen and oxygen atoms in total. The van der Waals surface area contributed by atoms with Crippen molar-refractivity contribution >= 4 is 12.0 Å². The van der Waals surface area contributed by atoms with Crippen molar-refractivity contribution in [3.05, 3.63) is 65.2 Å². The summed E-state index contributed by atoms with van der Waals surface area (Å²) in [6, 6.07) is 14.9. The molecule has 0 radical (unpaired) electrons. The van der Waals surface area contributed by atoms with Crippen LogP contribution in [0.1, 0.15) is 61.6 Å². The normalized spacial score (nSPS) is 13.9. The molecule has 0 bridgehead atoms. The third-order valence-electron chi connectivity index (χ3n) is 6.79. The van der Waals surface area contributed by atoms with Crippen LogP contribution in [0.2, 0.25) is 0 Å². The second-order valence-corrected chi connectivity index (χ2v) is 9.44. The maximum Gasteiger partial charge on any atom is 0.226 e. The van der Waals surface area contributed by atoms with Crippen LogP contribution in [0.5, 0.6) is 11.5 Å². The molecule has 1 fully saturated rings. The van der Waals surface area contributed by atoms with Crippen LogP contribution in [-0.2, 0) is 11.2 Å². The zero-order valence-electron chi connectivity index (χ0n) is 21.7. The summed E-state index contributed by atoms with van der Waals surface area (Å²) in [5.74, 6) is 1.80. The van der Waals surface area contributed by atoms with Crippen LogP contribution in [0, 0.1) is 6.92 Å². The molecule has 1 amide bonds. The van der Waals surface area contributed by atoms with Crippen LogP contribution in [0.15, 0.2) is 48.5 Å². The third kappa shape index (κ3) is 8.74. The van der Waals surface area contributed by atoms with Crippen LogP contribution >= 0.6 is 0 Å². The van der Waals surface area contributed by atoms with E-state index in [9.17, 15) is 4.79 Å². The van der Waals surface area contributed by atoms with Crippen molar-refractivity contribution in [1.29, 1.82) is 0 Å². The van der Waals surface area contributed by atoms with Gasteiger partial charge in [0.15, 0.2) is 11.5 Å².